The van der Waals surface area contributed by atoms with E-state index < -0.39 is 0 Å². The van der Waals surface area contributed by atoms with Crippen molar-refractivity contribution < 1.29 is 0 Å². The number of nitrogens with zero attached hydrogens (tertiary/aromatic N) is 2. The first-order valence-corrected chi connectivity index (χ1v) is 6.03. The molecule has 0 aliphatic heterocycles. The number of aromatic nitrogens is 1. The van der Waals surface area contributed by atoms with Crippen molar-refractivity contribution in [2.45, 2.75) is 6.67 Å². The number of hydrogen-bond acceptors (Lipinski definition) is 2. The van der Waals surface area contributed by atoms with E-state index in [0.717, 1.165) is 6.67 Å². The predicted octanol–water partition coefficient (Wildman–Crippen LogP) is 3.53. The lowest BCUT2D eigenvalue weighted by molar-refractivity contribution is 0.474. The van der Waals surface area contributed by atoms with Crippen molar-refractivity contribution in [3.05, 3.63) is 48.5 Å². The monoisotopic (exact) mass is 242 g/mol. The van der Waals surface area contributed by atoms with Crippen LogP contribution in [0.5, 0.6) is 0 Å². The van der Waals surface area contributed by atoms with Crippen molar-refractivity contribution in [2.75, 3.05) is 7.05 Å². The van der Waals surface area contributed by atoms with Crippen molar-refractivity contribution in [1.82, 2.24) is 8.87 Å². The van der Waals surface area contributed by atoms with Gasteiger partial charge in [0.15, 0.2) is 0 Å². The van der Waals surface area contributed by atoms with Gasteiger partial charge in [0.05, 0.1) is 17.7 Å². The minimum Gasteiger partial charge on any atom is -0.326 e. The van der Waals surface area contributed by atoms with Crippen LogP contribution in [0.2, 0.25) is 0 Å². The summed E-state index contributed by atoms with van der Waals surface area (Å²) in [5.74, 6) is 0. The molecule has 17 heavy (non-hydrogen) atoms. The Morgan fingerprint density at radius 3 is 1.88 bits per heavy atom. The van der Waals surface area contributed by atoms with Crippen LogP contribution in [0.25, 0.3) is 21.8 Å². The van der Waals surface area contributed by atoms with Crippen LogP contribution in [0.4, 0.5) is 0 Å². The average molecular weight is 242 g/mol. The average Bonchev–Trinajstić information content (AvgIpc) is 2.65. The highest BCUT2D eigenvalue weighted by molar-refractivity contribution is 7.77. The third-order valence-electron chi connectivity index (χ3n) is 3.03. The molecule has 2 nitrogen and oxygen atoms in total. The van der Waals surface area contributed by atoms with Crippen molar-refractivity contribution in [2.24, 2.45) is 0 Å². The molecule has 0 saturated heterocycles. The maximum atomic E-state index is 4.35. The molecule has 0 spiro atoms. The predicted molar refractivity (Wildman–Crippen MR) is 76.2 cm³/mol. The summed E-state index contributed by atoms with van der Waals surface area (Å²) in [5, 5.41) is 2.61. The highest BCUT2D eigenvalue weighted by Crippen LogP contribution is 2.28. The second-order valence-electron chi connectivity index (χ2n) is 4.26. The number of fused-ring (bicyclic) bond motifs is 3. The first-order valence-electron chi connectivity index (χ1n) is 5.63. The van der Waals surface area contributed by atoms with Gasteiger partial charge in [0.25, 0.3) is 0 Å². The molecule has 86 valence electrons. The Labute approximate surface area is 106 Å². The molecule has 3 heteroatoms. The van der Waals surface area contributed by atoms with Crippen LogP contribution in [0, 0.1) is 0 Å². The summed E-state index contributed by atoms with van der Waals surface area (Å²) in [6.45, 7) is 0.775. The molecule has 0 atom stereocenters. The van der Waals surface area contributed by atoms with E-state index in [1.165, 1.54) is 21.8 Å². The molecule has 0 aliphatic carbocycles. The van der Waals surface area contributed by atoms with Crippen LogP contribution >= 0.6 is 12.8 Å². The summed E-state index contributed by atoms with van der Waals surface area (Å²) in [5.41, 5.74) is 2.52. The fourth-order valence-corrected chi connectivity index (χ4v) is 2.49. The fraction of sp³-hybridized carbons (Fsp3) is 0.143. The molecule has 1 heterocycles. The fourth-order valence-electron chi connectivity index (χ4n) is 2.36. The van der Waals surface area contributed by atoms with E-state index in [1.807, 2.05) is 11.4 Å². The second-order valence-corrected chi connectivity index (χ2v) is 4.94. The van der Waals surface area contributed by atoms with Gasteiger partial charge in [0, 0.05) is 10.8 Å². The molecule has 3 aromatic rings. The minimum absolute atomic E-state index is 0.775. The van der Waals surface area contributed by atoms with E-state index in [2.05, 4.69) is 65.9 Å². The number of para-hydroxylation sites is 2. The zero-order chi connectivity index (χ0) is 11.8. The van der Waals surface area contributed by atoms with Gasteiger partial charge in [-0.1, -0.05) is 49.2 Å². The molecule has 2 aromatic carbocycles. The molecule has 0 fully saturated rings. The topological polar surface area (TPSA) is 8.17 Å². The Morgan fingerprint density at radius 1 is 0.941 bits per heavy atom. The van der Waals surface area contributed by atoms with Crippen LogP contribution in [0.15, 0.2) is 48.5 Å². The van der Waals surface area contributed by atoms with Crippen LogP contribution < -0.4 is 0 Å². The maximum absolute atomic E-state index is 4.35. The maximum Gasteiger partial charge on any atom is 0.0846 e. The number of rotatable bonds is 2. The normalized spacial score (nSPS) is 11.7. The Kier molecular flexibility index (Phi) is 2.57. The molecule has 0 saturated carbocycles. The van der Waals surface area contributed by atoms with Crippen LogP contribution in [0.3, 0.4) is 0 Å². The van der Waals surface area contributed by atoms with Gasteiger partial charge in [0.2, 0.25) is 0 Å². The van der Waals surface area contributed by atoms with Crippen molar-refractivity contribution in [1.29, 1.82) is 0 Å². The van der Waals surface area contributed by atoms with Gasteiger partial charge in [-0.2, -0.15) is 0 Å². The second kappa shape index (κ2) is 4.09. The van der Waals surface area contributed by atoms with Gasteiger partial charge in [-0.15, -0.1) is 0 Å². The van der Waals surface area contributed by atoms with Crippen molar-refractivity contribution in [3.8, 4) is 0 Å². The summed E-state index contributed by atoms with van der Waals surface area (Å²) >= 11 is 4.35. The first-order chi connectivity index (χ1) is 8.27. The third kappa shape index (κ3) is 1.72. The van der Waals surface area contributed by atoms with E-state index in [4.69, 9.17) is 0 Å². The molecule has 0 radical (unpaired) electrons. The molecule has 0 amide bonds. The van der Waals surface area contributed by atoms with Crippen LogP contribution in [-0.4, -0.2) is 15.9 Å². The van der Waals surface area contributed by atoms with Crippen LogP contribution in [0.1, 0.15) is 0 Å². The molecule has 3 rings (SSSR count). The van der Waals surface area contributed by atoms with Crippen molar-refractivity contribution in [3.63, 3.8) is 0 Å². The van der Waals surface area contributed by atoms with E-state index in [1.54, 1.807) is 0 Å². The SMILES string of the molecule is CN(S)Cn1c2ccccc2c2ccccc21. The summed E-state index contributed by atoms with van der Waals surface area (Å²) in [7, 11) is 1.96. The zero-order valence-electron chi connectivity index (χ0n) is 9.67. The van der Waals surface area contributed by atoms with E-state index in [0.29, 0.717) is 0 Å². The highest BCUT2D eigenvalue weighted by Gasteiger charge is 2.09. The molecule has 1 aromatic heterocycles. The van der Waals surface area contributed by atoms with Gasteiger partial charge in [-0.3, -0.25) is 0 Å². The molecule has 0 N–H and O–H groups in total. The molecule has 0 bridgehead atoms. The van der Waals surface area contributed by atoms with Gasteiger partial charge in [-0.05, 0) is 19.2 Å². The smallest absolute Gasteiger partial charge is 0.0846 e. The lowest BCUT2D eigenvalue weighted by atomic mass is 10.2. The third-order valence-corrected chi connectivity index (χ3v) is 3.15. The highest BCUT2D eigenvalue weighted by atomic mass is 32.1. The summed E-state index contributed by atoms with van der Waals surface area (Å²) in [6.07, 6.45) is 0. The van der Waals surface area contributed by atoms with Gasteiger partial charge in [0.1, 0.15) is 0 Å². The van der Waals surface area contributed by atoms with E-state index >= 15 is 0 Å². The van der Waals surface area contributed by atoms with Crippen LogP contribution in [-0.2, 0) is 6.67 Å². The molecular weight excluding hydrogens is 228 g/mol. The van der Waals surface area contributed by atoms with E-state index in [9.17, 15) is 0 Å². The van der Waals surface area contributed by atoms with Gasteiger partial charge < -0.3 is 4.57 Å². The number of thiol groups is 1. The Balaban J connectivity index is 2.41. The zero-order valence-corrected chi connectivity index (χ0v) is 10.6. The number of benzene rings is 2. The van der Waals surface area contributed by atoms with E-state index in [-0.39, 0.29) is 0 Å². The first kappa shape index (κ1) is 10.7. The molecule has 0 aliphatic rings. The van der Waals surface area contributed by atoms with Crippen molar-refractivity contribution >= 4 is 34.6 Å². The summed E-state index contributed by atoms with van der Waals surface area (Å²) in [6, 6.07) is 17.0. The summed E-state index contributed by atoms with van der Waals surface area (Å²) < 4.78 is 4.18. The number of hydrogen-bond donors (Lipinski definition) is 1. The van der Waals surface area contributed by atoms with Gasteiger partial charge in [-0.25, -0.2) is 4.31 Å². The Morgan fingerprint density at radius 2 is 1.41 bits per heavy atom. The standard InChI is InChI=1S/C14H14N2S/c1-15(17)10-16-13-8-4-2-6-11(13)12-7-3-5-9-14(12)16/h2-9,17H,10H2,1H3. The quantitative estimate of drug-likeness (QED) is 0.676. The molecular formula is C14H14N2S. The Bertz CT molecular complexity index is 617. The minimum atomic E-state index is 0.775. The Hall–Kier alpha value is -1.45. The lowest BCUT2D eigenvalue weighted by Crippen LogP contribution is -2.11. The summed E-state index contributed by atoms with van der Waals surface area (Å²) in [4.78, 5) is 0. The molecule has 0 unspecified atom stereocenters. The van der Waals surface area contributed by atoms with Gasteiger partial charge >= 0.3 is 0 Å². The lowest BCUT2D eigenvalue weighted by Gasteiger charge is -2.12. The largest absolute Gasteiger partial charge is 0.326 e.